The summed E-state index contributed by atoms with van der Waals surface area (Å²) in [4.78, 5) is 4.77. The molecule has 0 unspecified atom stereocenters. The number of hydrogen-bond donors (Lipinski definition) is 0. The van der Waals surface area contributed by atoms with Crippen LogP contribution in [0.1, 0.15) is 26.3 Å². The molecule has 0 saturated heterocycles. The molecule has 0 aliphatic carbocycles. The standard InChI is InChI=1S/C40H29N3O2.Pt/c1-40(2,3)27-21-22-41-34(23-27)33-14-4-6-15-35(33)43-26-42(36-16-7-8-17-37(36)43)28-11-10-12-29(24-28)44-30-19-20-32-31-13-5-9-18-38(31)45-39(32)25-30;/h4-18,20-23,25H,1-3H3;/q-2;. The Morgan fingerprint density at radius 3 is 2.48 bits per heavy atom. The normalized spacial score (nSPS) is 11.6. The van der Waals surface area contributed by atoms with Crippen molar-refractivity contribution in [1.82, 2.24) is 9.55 Å². The van der Waals surface area contributed by atoms with E-state index in [9.17, 15) is 0 Å². The van der Waals surface area contributed by atoms with E-state index in [0.717, 1.165) is 55.6 Å². The minimum atomic E-state index is 0. The number of fused-ring (bicyclic) bond motifs is 4. The fraction of sp³-hybridized carbons (Fsp3) is 0.100. The number of hydrogen-bond acceptors (Lipinski definition) is 3. The molecule has 0 aliphatic rings. The molecule has 0 radical (unpaired) electrons. The first-order chi connectivity index (χ1) is 21.9. The van der Waals surface area contributed by atoms with Crippen molar-refractivity contribution in [3.05, 3.63) is 145 Å². The zero-order valence-corrected chi connectivity index (χ0v) is 27.8. The summed E-state index contributed by atoms with van der Waals surface area (Å²) in [6.07, 6.45) is 5.50. The van der Waals surface area contributed by atoms with E-state index in [1.807, 2.05) is 71.4 Å². The van der Waals surface area contributed by atoms with Crippen LogP contribution in [0.4, 0.5) is 0 Å². The first-order valence-electron chi connectivity index (χ1n) is 15.0. The van der Waals surface area contributed by atoms with Crippen molar-refractivity contribution in [3.63, 3.8) is 0 Å². The van der Waals surface area contributed by atoms with Gasteiger partial charge in [-0.3, -0.25) is 9.55 Å². The SMILES string of the molecule is CC(C)(C)c1ccnc(-c2ccccc2-[n+]2[c-]n(-c3[c-]c(Oc4[c-]cc5c(c4)oc4ccccc45)ccc3)c3ccccc32)c1.[Pt]. The zero-order valence-electron chi connectivity index (χ0n) is 25.5. The molecule has 0 aliphatic heterocycles. The van der Waals surface area contributed by atoms with E-state index in [1.165, 1.54) is 5.56 Å². The second kappa shape index (κ2) is 11.7. The Balaban J connectivity index is 0.00000338. The van der Waals surface area contributed by atoms with Crippen LogP contribution in [-0.4, -0.2) is 9.55 Å². The van der Waals surface area contributed by atoms with E-state index in [2.05, 4.69) is 98.4 Å². The van der Waals surface area contributed by atoms with Gasteiger partial charge in [0.05, 0.1) is 22.4 Å². The molecular formula is C40H29N3O2Pt-2. The minimum Gasteiger partial charge on any atom is -0.510 e. The second-order valence-corrected chi connectivity index (χ2v) is 12.1. The van der Waals surface area contributed by atoms with Gasteiger partial charge in [-0.2, -0.15) is 18.2 Å². The van der Waals surface area contributed by atoms with Crippen molar-refractivity contribution in [2.24, 2.45) is 0 Å². The van der Waals surface area contributed by atoms with E-state index in [4.69, 9.17) is 14.1 Å². The molecule has 0 fully saturated rings. The van der Waals surface area contributed by atoms with E-state index < -0.39 is 0 Å². The molecular weight excluding hydrogens is 750 g/mol. The van der Waals surface area contributed by atoms with E-state index in [0.29, 0.717) is 11.5 Å². The van der Waals surface area contributed by atoms with Crippen LogP contribution in [0, 0.1) is 18.5 Å². The van der Waals surface area contributed by atoms with Crippen molar-refractivity contribution >= 4 is 33.0 Å². The third-order valence-electron chi connectivity index (χ3n) is 8.11. The molecule has 0 atom stereocenters. The van der Waals surface area contributed by atoms with Crippen LogP contribution < -0.4 is 9.30 Å². The maximum atomic E-state index is 6.25. The second-order valence-electron chi connectivity index (χ2n) is 12.1. The van der Waals surface area contributed by atoms with Gasteiger partial charge in [-0.1, -0.05) is 92.9 Å². The minimum absolute atomic E-state index is 0. The molecule has 46 heavy (non-hydrogen) atoms. The van der Waals surface area contributed by atoms with Crippen molar-refractivity contribution in [2.45, 2.75) is 26.2 Å². The Morgan fingerprint density at radius 1 is 0.783 bits per heavy atom. The van der Waals surface area contributed by atoms with Gasteiger partial charge in [-0.15, -0.1) is 18.2 Å². The summed E-state index contributed by atoms with van der Waals surface area (Å²) in [6, 6.07) is 45.3. The van der Waals surface area contributed by atoms with Gasteiger partial charge in [-0.05, 0) is 46.3 Å². The van der Waals surface area contributed by atoms with Gasteiger partial charge in [-0.25, -0.2) is 0 Å². The number of pyridine rings is 1. The Hall–Kier alpha value is -4.99. The zero-order chi connectivity index (χ0) is 30.5. The molecule has 0 bridgehead atoms. The Bertz CT molecular complexity index is 2360. The van der Waals surface area contributed by atoms with Gasteiger partial charge < -0.3 is 13.7 Å². The van der Waals surface area contributed by atoms with Gasteiger partial charge in [0.2, 0.25) is 0 Å². The van der Waals surface area contributed by atoms with Crippen LogP contribution in [0.2, 0.25) is 0 Å². The monoisotopic (exact) mass is 778 g/mol. The van der Waals surface area contributed by atoms with Crippen molar-refractivity contribution in [3.8, 4) is 34.1 Å². The third-order valence-corrected chi connectivity index (χ3v) is 8.11. The van der Waals surface area contributed by atoms with Crippen molar-refractivity contribution in [2.75, 3.05) is 0 Å². The maximum Gasteiger partial charge on any atom is 0.268 e. The summed E-state index contributed by atoms with van der Waals surface area (Å²) in [6.45, 7) is 6.66. The molecule has 0 saturated carbocycles. The Labute approximate surface area is 282 Å². The van der Waals surface area contributed by atoms with Crippen LogP contribution in [0.25, 0.3) is 55.6 Å². The fourth-order valence-electron chi connectivity index (χ4n) is 5.79. The number of para-hydroxylation sites is 4. The van der Waals surface area contributed by atoms with Crippen LogP contribution in [-0.2, 0) is 26.5 Å². The van der Waals surface area contributed by atoms with Gasteiger partial charge in [0, 0.05) is 49.9 Å². The van der Waals surface area contributed by atoms with Crippen LogP contribution in [0.15, 0.2) is 126 Å². The molecule has 8 aromatic rings. The van der Waals surface area contributed by atoms with Gasteiger partial charge in [0.15, 0.2) is 0 Å². The van der Waals surface area contributed by atoms with Crippen molar-refractivity contribution < 1.29 is 34.8 Å². The first-order valence-corrected chi connectivity index (χ1v) is 15.0. The molecule has 0 spiro atoms. The number of nitrogens with zero attached hydrogens (tertiary/aromatic N) is 3. The number of furan rings is 1. The molecule has 6 heteroatoms. The number of ether oxygens (including phenoxy) is 1. The smallest absolute Gasteiger partial charge is 0.268 e. The average molecular weight is 779 g/mol. The van der Waals surface area contributed by atoms with Gasteiger partial charge >= 0.3 is 0 Å². The topological polar surface area (TPSA) is 44.1 Å². The maximum absolute atomic E-state index is 6.25. The van der Waals surface area contributed by atoms with Gasteiger partial charge in [0.25, 0.3) is 6.33 Å². The summed E-state index contributed by atoms with van der Waals surface area (Å²) in [5.41, 5.74) is 8.61. The number of rotatable bonds is 5. The fourth-order valence-corrected chi connectivity index (χ4v) is 5.79. The molecule has 228 valence electrons. The predicted octanol–water partition coefficient (Wildman–Crippen LogP) is 9.36. The molecule has 5 aromatic carbocycles. The third kappa shape index (κ3) is 5.31. The molecule has 3 heterocycles. The Morgan fingerprint density at radius 2 is 1.59 bits per heavy atom. The molecule has 5 nitrogen and oxygen atoms in total. The number of imidazole rings is 1. The van der Waals surface area contributed by atoms with E-state index in [-0.39, 0.29) is 26.5 Å². The number of benzene rings is 5. The largest absolute Gasteiger partial charge is 0.510 e. The van der Waals surface area contributed by atoms with Crippen LogP contribution in [0.3, 0.4) is 0 Å². The van der Waals surface area contributed by atoms with Crippen molar-refractivity contribution in [1.29, 1.82) is 0 Å². The summed E-state index contributed by atoms with van der Waals surface area (Å²) >= 11 is 0. The predicted molar refractivity (Wildman–Crippen MR) is 177 cm³/mol. The molecule has 0 amide bonds. The average Bonchev–Trinajstić information content (AvgIpc) is 3.63. The summed E-state index contributed by atoms with van der Waals surface area (Å²) in [5, 5.41) is 2.07. The molecule has 3 aromatic heterocycles. The van der Waals surface area contributed by atoms with Gasteiger partial charge in [0.1, 0.15) is 5.58 Å². The summed E-state index contributed by atoms with van der Waals surface area (Å²) < 4.78 is 16.4. The van der Waals surface area contributed by atoms with Crippen LogP contribution >= 0.6 is 0 Å². The van der Waals surface area contributed by atoms with Crippen LogP contribution in [0.5, 0.6) is 11.5 Å². The molecule has 0 N–H and O–H groups in total. The summed E-state index contributed by atoms with van der Waals surface area (Å²) in [5.74, 6) is 1.13. The van der Waals surface area contributed by atoms with E-state index >= 15 is 0 Å². The number of aromatic nitrogens is 3. The molecule has 8 rings (SSSR count). The first kappa shape index (κ1) is 29.7. The quantitative estimate of drug-likeness (QED) is 0.129. The summed E-state index contributed by atoms with van der Waals surface area (Å²) in [7, 11) is 0. The Kier molecular flexibility index (Phi) is 7.58. The van der Waals surface area contributed by atoms with E-state index in [1.54, 1.807) is 0 Å².